The topological polar surface area (TPSA) is 102 Å². The van der Waals surface area contributed by atoms with Crippen LogP contribution >= 0.6 is 0 Å². The lowest BCUT2D eigenvalue weighted by molar-refractivity contribution is -0.142. The number of esters is 1. The number of carbonyl (C=O) groups is 2. The molecule has 1 aromatic rings. The van der Waals surface area contributed by atoms with Crippen molar-refractivity contribution >= 4 is 27.6 Å². The van der Waals surface area contributed by atoms with Crippen molar-refractivity contribution in [3.05, 3.63) is 24.3 Å². The number of carbonyl (C=O) groups excluding carboxylic acids is 2. The number of ether oxygens (including phenoxy) is 2. The smallest absolute Gasteiger partial charge is 0.343 e. The molecule has 1 aromatic carbocycles. The van der Waals surface area contributed by atoms with Crippen LogP contribution in [-0.2, 0) is 24.3 Å². The van der Waals surface area contributed by atoms with Crippen LogP contribution in [0.3, 0.4) is 0 Å². The molecule has 1 aliphatic rings. The third-order valence-corrected chi connectivity index (χ3v) is 6.34. The van der Waals surface area contributed by atoms with Crippen LogP contribution < -0.4 is 10.1 Å². The van der Waals surface area contributed by atoms with Crippen molar-refractivity contribution in [2.45, 2.75) is 26.2 Å². The average Bonchev–Trinajstić information content (AvgIpc) is 2.66. The third-order valence-electron chi connectivity index (χ3n) is 4.30. The molecule has 9 heteroatoms. The fraction of sp³-hybridized carbons (Fsp3) is 0.556. The largest absolute Gasteiger partial charge is 0.482 e. The minimum Gasteiger partial charge on any atom is -0.482 e. The number of nitrogens with zero attached hydrogens (tertiary/aromatic N) is 1. The molecule has 0 radical (unpaired) electrons. The zero-order chi connectivity index (χ0) is 19.9. The van der Waals surface area contributed by atoms with E-state index in [2.05, 4.69) is 10.1 Å². The molecule has 1 heterocycles. The maximum atomic E-state index is 12.6. The Kier molecular flexibility index (Phi) is 7.61. The number of hydrogen-bond acceptors (Lipinski definition) is 6. The van der Waals surface area contributed by atoms with Gasteiger partial charge < -0.3 is 14.8 Å². The summed E-state index contributed by atoms with van der Waals surface area (Å²) in [6, 6.07) is 6.67. The van der Waals surface area contributed by atoms with Gasteiger partial charge in [0, 0.05) is 24.8 Å². The number of amides is 1. The maximum Gasteiger partial charge on any atom is 0.343 e. The quantitative estimate of drug-likeness (QED) is 0.668. The van der Waals surface area contributed by atoms with Gasteiger partial charge in [0.25, 0.3) is 0 Å². The Morgan fingerprint density at radius 3 is 2.81 bits per heavy atom. The molecule has 0 saturated carbocycles. The second-order valence-corrected chi connectivity index (χ2v) is 8.48. The SMILES string of the molecule is CCCS(=O)(=O)N1CCC[C@@H](C(=O)Nc2cccc(OCC(=O)OC)c2)C1. The third kappa shape index (κ3) is 6.21. The first-order valence-electron chi connectivity index (χ1n) is 8.94. The van der Waals surface area contributed by atoms with Crippen molar-refractivity contribution in [1.82, 2.24) is 4.31 Å². The predicted molar refractivity (Wildman–Crippen MR) is 101 cm³/mol. The molecule has 0 spiro atoms. The Hall–Kier alpha value is -2.13. The number of piperidine rings is 1. The Bertz CT molecular complexity index is 765. The van der Waals surface area contributed by atoms with Gasteiger partial charge in [-0.25, -0.2) is 17.5 Å². The van der Waals surface area contributed by atoms with E-state index in [-0.39, 0.29) is 24.8 Å². The van der Waals surface area contributed by atoms with E-state index < -0.39 is 21.9 Å². The van der Waals surface area contributed by atoms with Crippen molar-refractivity contribution in [1.29, 1.82) is 0 Å². The first-order valence-corrected chi connectivity index (χ1v) is 10.5. The highest BCUT2D eigenvalue weighted by molar-refractivity contribution is 7.89. The zero-order valence-electron chi connectivity index (χ0n) is 15.6. The van der Waals surface area contributed by atoms with Gasteiger partial charge in [-0.2, -0.15) is 0 Å². The lowest BCUT2D eigenvalue weighted by Gasteiger charge is -2.31. The molecule has 1 fully saturated rings. The summed E-state index contributed by atoms with van der Waals surface area (Å²) in [5.74, 6) is -0.600. The van der Waals surface area contributed by atoms with Crippen LogP contribution in [0, 0.1) is 5.92 Å². The summed E-state index contributed by atoms with van der Waals surface area (Å²) in [4.78, 5) is 23.7. The molecule has 1 saturated heterocycles. The number of rotatable bonds is 8. The van der Waals surface area contributed by atoms with E-state index in [0.717, 1.165) is 0 Å². The van der Waals surface area contributed by atoms with Crippen LogP contribution in [-0.4, -0.2) is 57.2 Å². The van der Waals surface area contributed by atoms with Gasteiger partial charge in [-0.3, -0.25) is 4.79 Å². The van der Waals surface area contributed by atoms with Crippen molar-refractivity contribution in [2.24, 2.45) is 5.92 Å². The minimum absolute atomic E-state index is 0.0981. The Morgan fingerprint density at radius 2 is 2.11 bits per heavy atom. The second-order valence-electron chi connectivity index (χ2n) is 6.40. The summed E-state index contributed by atoms with van der Waals surface area (Å²) in [6.07, 6.45) is 1.85. The predicted octanol–water partition coefficient (Wildman–Crippen LogP) is 1.63. The first-order chi connectivity index (χ1) is 12.9. The minimum atomic E-state index is -3.31. The Labute approximate surface area is 159 Å². The number of hydrogen-bond donors (Lipinski definition) is 1. The molecule has 0 unspecified atom stereocenters. The molecular formula is C18H26N2O6S. The zero-order valence-corrected chi connectivity index (χ0v) is 16.5. The summed E-state index contributed by atoms with van der Waals surface area (Å²) < 4.78 is 35.7. The molecular weight excluding hydrogens is 372 g/mol. The molecule has 1 aliphatic heterocycles. The molecule has 2 rings (SSSR count). The van der Waals surface area contributed by atoms with Gasteiger partial charge in [0.15, 0.2) is 6.61 Å². The van der Waals surface area contributed by atoms with Gasteiger partial charge in [-0.05, 0) is 31.4 Å². The first kappa shape index (κ1) is 21.2. The lowest BCUT2D eigenvalue weighted by atomic mass is 9.98. The van der Waals surface area contributed by atoms with E-state index >= 15 is 0 Å². The van der Waals surface area contributed by atoms with Gasteiger partial charge in [0.05, 0.1) is 18.8 Å². The number of methoxy groups -OCH3 is 1. The Morgan fingerprint density at radius 1 is 1.33 bits per heavy atom. The van der Waals surface area contributed by atoms with Crippen LogP contribution in [0.1, 0.15) is 26.2 Å². The number of nitrogens with one attached hydrogen (secondary N) is 1. The number of anilines is 1. The molecule has 27 heavy (non-hydrogen) atoms. The summed E-state index contributed by atoms with van der Waals surface area (Å²) in [5.41, 5.74) is 0.524. The number of benzene rings is 1. The maximum absolute atomic E-state index is 12.6. The van der Waals surface area contributed by atoms with Gasteiger partial charge in [-0.15, -0.1) is 0 Å². The fourth-order valence-electron chi connectivity index (χ4n) is 2.91. The van der Waals surface area contributed by atoms with Crippen molar-refractivity contribution in [3.63, 3.8) is 0 Å². The highest BCUT2D eigenvalue weighted by Gasteiger charge is 2.31. The van der Waals surface area contributed by atoms with Crippen LogP contribution in [0.5, 0.6) is 5.75 Å². The molecule has 150 valence electrons. The molecule has 0 aromatic heterocycles. The molecule has 0 aliphatic carbocycles. The van der Waals surface area contributed by atoms with E-state index in [4.69, 9.17) is 4.74 Å². The van der Waals surface area contributed by atoms with E-state index in [9.17, 15) is 18.0 Å². The normalized spacial score (nSPS) is 17.9. The van der Waals surface area contributed by atoms with E-state index in [0.29, 0.717) is 37.2 Å². The van der Waals surface area contributed by atoms with Gasteiger partial charge in [0.1, 0.15) is 5.75 Å². The lowest BCUT2D eigenvalue weighted by Crippen LogP contribution is -2.44. The van der Waals surface area contributed by atoms with Gasteiger partial charge in [0.2, 0.25) is 15.9 Å². The van der Waals surface area contributed by atoms with Crippen LogP contribution in [0.2, 0.25) is 0 Å². The summed E-state index contributed by atoms with van der Waals surface area (Å²) in [5, 5.41) is 2.80. The van der Waals surface area contributed by atoms with E-state index in [1.165, 1.54) is 11.4 Å². The highest BCUT2D eigenvalue weighted by Crippen LogP contribution is 2.23. The summed E-state index contributed by atoms with van der Waals surface area (Å²) >= 11 is 0. The highest BCUT2D eigenvalue weighted by atomic mass is 32.2. The molecule has 1 atom stereocenters. The van der Waals surface area contributed by atoms with Crippen molar-refractivity contribution < 1.29 is 27.5 Å². The molecule has 1 N–H and O–H groups in total. The molecule has 0 bridgehead atoms. The van der Waals surface area contributed by atoms with Crippen LogP contribution in [0.4, 0.5) is 5.69 Å². The molecule has 1 amide bonds. The van der Waals surface area contributed by atoms with Crippen molar-refractivity contribution in [3.8, 4) is 5.75 Å². The summed E-state index contributed by atoms with van der Waals surface area (Å²) in [6.45, 7) is 2.26. The van der Waals surface area contributed by atoms with Gasteiger partial charge in [-0.1, -0.05) is 13.0 Å². The van der Waals surface area contributed by atoms with E-state index in [1.807, 2.05) is 6.92 Å². The van der Waals surface area contributed by atoms with Crippen LogP contribution in [0.25, 0.3) is 0 Å². The van der Waals surface area contributed by atoms with E-state index in [1.54, 1.807) is 24.3 Å². The molecule has 8 nitrogen and oxygen atoms in total. The summed E-state index contributed by atoms with van der Waals surface area (Å²) in [7, 11) is -2.03. The average molecular weight is 398 g/mol. The van der Waals surface area contributed by atoms with Crippen molar-refractivity contribution in [2.75, 3.05) is 37.9 Å². The fourth-order valence-corrected chi connectivity index (χ4v) is 4.49. The Balaban J connectivity index is 1.97. The van der Waals surface area contributed by atoms with Crippen LogP contribution in [0.15, 0.2) is 24.3 Å². The second kappa shape index (κ2) is 9.70. The van der Waals surface area contributed by atoms with Gasteiger partial charge >= 0.3 is 5.97 Å². The number of sulfonamides is 1. The standard InChI is InChI=1S/C18H26N2O6S/c1-3-10-27(23,24)20-9-5-6-14(12-20)18(22)19-15-7-4-8-16(11-15)26-13-17(21)25-2/h4,7-8,11,14H,3,5-6,9-10,12-13H2,1-2H3,(H,19,22)/t14-/m1/s1. The monoisotopic (exact) mass is 398 g/mol.